The van der Waals surface area contributed by atoms with E-state index in [4.69, 9.17) is 4.74 Å². The number of carbonyl (C=O) groups is 1. The van der Waals surface area contributed by atoms with E-state index in [0.717, 1.165) is 45.4 Å². The second-order valence-corrected chi connectivity index (χ2v) is 5.85. The zero-order valence-corrected chi connectivity index (χ0v) is 12.4. The summed E-state index contributed by atoms with van der Waals surface area (Å²) in [5, 5.41) is 3.70. The molecule has 0 unspecified atom stereocenters. The molecule has 19 heavy (non-hydrogen) atoms. The molecule has 0 spiro atoms. The van der Waals surface area contributed by atoms with Crippen molar-refractivity contribution in [2.75, 3.05) is 33.8 Å². The van der Waals surface area contributed by atoms with Crippen molar-refractivity contribution in [1.82, 2.24) is 15.1 Å². The van der Waals surface area contributed by atoms with Crippen LogP contribution >= 0.6 is 0 Å². The summed E-state index contributed by atoms with van der Waals surface area (Å²) in [6, 6.07) is 1.33. The topological polar surface area (TPSA) is 44.8 Å². The minimum atomic E-state index is 0.138. The highest BCUT2D eigenvalue weighted by atomic mass is 16.5. The molecule has 2 aliphatic rings. The minimum Gasteiger partial charge on any atom is -0.378 e. The number of hydrogen-bond acceptors (Lipinski definition) is 3. The number of hydrogen-bond donors (Lipinski definition) is 1. The zero-order valence-electron chi connectivity index (χ0n) is 12.4. The number of amides is 2. The first-order valence-corrected chi connectivity index (χ1v) is 7.44. The Labute approximate surface area is 116 Å². The maximum atomic E-state index is 11.8. The van der Waals surface area contributed by atoms with Gasteiger partial charge in [0.05, 0.1) is 6.10 Å². The number of likely N-dealkylation sites (tertiary alicyclic amines) is 1. The van der Waals surface area contributed by atoms with Gasteiger partial charge in [0.2, 0.25) is 0 Å². The number of ether oxygens (including phenoxy) is 1. The van der Waals surface area contributed by atoms with Gasteiger partial charge in [-0.1, -0.05) is 0 Å². The van der Waals surface area contributed by atoms with Gasteiger partial charge in [0.1, 0.15) is 0 Å². The Morgan fingerprint density at radius 1 is 1.26 bits per heavy atom. The van der Waals surface area contributed by atoms with Crippen LogP contribution in [0.2, 0.25) is 0 Å². The van der Waals surface area contributed by atoms with Crippen molar-refractivity contribution < 1.29 is 9.53 Å². The molecule has 1 saturated carbocycles. The minimum absolute atomic E-state index is 0.138. The molecule has 2 amide bonds. The summed E-state index contributed by atoms with van der Waals surface area (Å²) in [6.45, 7) is 4.62. The first-order valence-electron chi connectivity index (χ1n) is 7.44. The van der Waals surface area contributed by atoms with Gasteiger partial charge in [0, 0.05) is 45.9 Å². The molecule has 1 N–H and O–H groups in total. The lowest BCUT2D eigenvalue weighted by Crippen LogP contribution is -2.53. The molecule has 5 heteroatoms. The number of rotatable bonds is 4. The molecule has 0 aromatic carbocycles. The van der Waals surface area contributed by atoms with Crippen molar-refractivity contribution in [1.29, 1.82) is 0 Å². The number of piperidine rings is 1. The van der Waals surface area contributed by atoms with Gasteiger partial charge < -0.3 is 19.9 Å². The van der Waals surface area contributed by atoms with Crippen molar-refractivity contribution >= 4 is 6.03 Å². The van der Waals surface area contributed by atoms with Gasteiger partial charge in [-0.15, -0.1) is 0 Å². The fraction of sp³-hybridized carbons (Fsp3) is 0.929. The van der Waals surface area contributed by atoms with Gasteiger partial charge in [-0.3, -0.25) is 0 Å². The Kier molecular flexibility index (Phi) is 5.05. The molecule has 0 bridgehead atoms. The lowest BCUT2D eigenvalue weighted by Gasteiger charge is -2.40. The monoisotopic (exact) mass is 269 g/mol. The van der Waals surface area contributed by atoms with Crippen molar-refractivity contribution in [2.24, 2.45) is 0 Å². The molecular formula is C14H27N3O2. The third kappa shape index (κ3) is 3.83. The summed E-state index contributed by atoms with van der Waals surface area (Å²) in [5.41, 5.74) is 0. The van der Waals surface area contributed by atoms with Crippen molar-refractivity contribution in [3.8, 4) is 0 Å². The van der Waals surface area contributed by atoms with Crippen LogP contribution in [0.15, 0.2) is 0 Å². The third-order valence-electron chi connectivity index (χ3n) is 4.12. The summed E-state index contributed by atoms with van der Waals surface area (Å²) in [4.78, 5) is 15.4. The lowest BCUT2D eigenvalue weighted by atomic mass is 9.87. The van der Waals surface area contributed by atoms with Crippen molar-refractivity contribution in [3.05, 3.63) is 0 Å². The molecule has 0 radical (unpaired) electrons. The average Bonchev–Trinajstić information content (AvgIpc) is 2.36. The van der Waals surface area contributed by atoms with Gasteiger partial charge in [-0.25, -0.2) is 4.79 Å². The largest absolute Gasteiger partial charge is 0.378 e. The molecule has 110 valence electrons. The van der Waals surface area contributed by atoms with E-state index >= 15 is 0 Å². The van der Waals surface area contributed by atoms with Gasteiger partial charge in [0.25, 0.3) is 0 Å². The molecule has 1 saturated heterocycles. The van der Waals surface area contributed by atoms with E-state index in [9.17, 15) is 4.79 Å². The van der Waals surface area contributed by atoms with Crippen LogP contribution in [-0.4, -0.2) is 67.8 Å². The SMILES string of the molecule is CCOC1CC(NC2CCN(C(=O)N(C)C)CC2)C1. The molecule has 1 aliphatic heterocycles. The van der Waals surface area contributed by atoms with Gasteiger partial charge in [0.15, 0.2) is 0 Å². The van der Waals surface area contributed by atoms with Crippen LogP contribution in [0.4, 0.5) is 4.79 Å². The van der Waals surface area contributed by atoms with Crippen LogP contribution in [0.1, 0.15) is 32.6 Å². The standard InChI is InChI=1S/C14H27N3O2/c1-4-19-13-9-12(10-13)15-11-5-7-17(8-6-11)14(18)16(2)3/h11-13,15H,4-10H2,1-3H3. The summed E-state index contributed by atoms with van der Waals surface area (Å²) >= 11 is 0. The highest BCUT2D eigenvalue weighted by molar-refractivity contribution is 5.73. The first-order chi connectivity index (χ1) is 9.10. The quantitative estimate of drug-likeness (QED) is 0.836. The van der Waals surface area contributed by atoms with E-state index in [-0.39, 0.29) is 6.03 Å². The van der Waals surface area contributed by atoms with E-state index in [2.05, 4.69) is 12.2 Å². The molecule has 1 heterocycles. The summed E-state index contributed by atoms with van der Waals surface area (Å²) in [6.07, 6.45) is 4.89. The molecule has 0 aromatic rings. The highest BCUT2D eigenvalue weighted by Gasteiger charge is 2.32. The Morgan fingerprint density at radius 2 is 1.89 bits per heavy atom. The van der Waals surface area contributed by atoms with Gasteiger partial charge >= 0.3 is 6.03 Å². The Morgan fingerprint density at radius 3 is 2.42 bits per heavy atom. The highest BCUT2D eigenvalue weighted by Crippen LogP contribution is 2.25. The lowest BCUT2D eigenvalue weighted by molar-refractivity contribution is -0.0139. The normalized spacial score (nSPS) is 28.1. The van der Waals surface area contributed by atoms with E-state index in [1.54, 1.807) is 4.90 Å². The number of urea groups is 1. The molecule has 0 atom stereocenters. The first kappa shape index (κ1) is 14.6. The average molecular weight is 269 g/mol. The Bertz CT molecular complexity index is 295. The number of nitrogens with one attached hydrogen (secondary N) is 1. The molecule has 2 fully saturated rings. The maximum absolute atomic E-state index is 11.8. The van der Waals surface area contributed by atoms with E-state index in [1.807, 2.05) is 19.0 Å². The Hall–Kier alpha value is -0.810. The fourth-order valence-corrected chi connectivity index (χ4v) is 2.93. The second kappa shape index (κ2) is 6.57. The number of nitrogens with zero attached hydrogens (tertiary/aromatic N) is 2. The van der Waals surface area contributed by atoms with E-state index in [0.29, 0.717) is 18.2 Å². The zero-order chi connectivity index (χ0) is 13.8. The van der Waals surface area contributed by atoms with E-state index < -0.39 is 0 Å². The fourth-order valence-electron chi connectivity index (χ4n) is 2.93. The molecule has 1 aliphatic carbocycles. The van der Waals surface area contributed by atoms with Crippen LogP contribution in [0.25, 0.3) is 0 Å². The number of carbonyl (C=O) groups excluding carboxylic acids is 1. The van der Waals surface area contributed by atoms with Crippen molar-refractivity contribution in [3.63, 3.8) is 0 Å². The predicted molar refractivity (Wildman–Crippen MR) is 75.2 cm³/mol. The smallest absolute Gasteiger partial charge is 0.319 e. The van der Waals surface area contributed by atoms with Crippen LogP contribution in [-0.2, 0) is 4.74 Å². The predicted octanol–water partition coefficient (Wildman–Crippen LogP) is 1.29. The van der Waals surface area contributed by atoms with Crippen LogP contribution in [0.3, 0.4) is 0 Å². The Balaban J connectivity index is 1.63. The van der Waals surface area contributed by atoms with Gasteiger partial charge in [-0.2, -0.15) is 0 Å². The molecular weight excluding hydrogens is 242 g/mol. The summed E-state index contributed by atoms with van der Waals surface area (Å²) < 4.78 is 5.57. The van der Waals surface area contributed by atoms with Crippen molar-refractivity contribution in [2.45, 2.75) is 50.8 Å². The molecule has 2 rings (SSSR count). The second-order valence-electron chi connectivity index (χ2n) is 5.85. The summed E-state index contributed by atoms with van der Waals surface area (Å²) in [5.74, 6) is 0. The van der Waals surface area contributed by atoms with Gasteiger partial charge in [-0.05, 0) is 32.6 Å². The summed E-state index contributed by atoms with van der Waals surface area (Å²) in [7, 11) is 3.63. The molecule has 5 nitrogen and oxygen atoms in total. The molecule has 0 aromatic heterocycles. The van der Waals surface area contributed by atoms with Crippen LogP contribution in [0.5, 0.6) is 0 Å². The van der Waals surface area contributed by atoms with Crippen LogP contribution < -0.4 is 5.32 Å². The third-order valence-corrected chi connectivity index (χ3v) is 4.12. The van der Waals surface area contributed by atoms with Crippen LogP contribution in [0, 0.1) is 0 Å². The van der Waals surface area contributed by atoms with E-state index in [1.165, 1.54) is 0 Å². The maximum Gasteiger partial charge on any atom is 0.319 e.